The van der Waals surface area contributed by atoms with Gasteiger partial charge in [0.25, 0.3) is 5.91 Å². The number of rotatable bonds is 3. The molecule has 0 radical (unpaired) electrons. The van der Waals surface area contributed by atoms with Gasteiger partial charge in [-0.15, -0.1) is 0 Å². The van der Waals surface area contributed by atoms with E-state index in [4.69, 9.17) is 5.26 Å². The molecule has 0 heterocycles. The Morgan fingerprint density at radius 1 is 1.56 bits per heavy atom. The Kier molecular flexibility index (Phi) is 3.68. The van der Waals surface area contributed by atoms with Crippen molar-refractivity contribution in [3.63, 3.8) is 0 Å². The van der Waals surface area contributed by atoms with E-state index in [1.807, 2.05) is 32.0 Å². The van der Waals surface area contributed by atoms with Crippen molar-refractivity contribution < 1.29 is 4.79 Å². The molecule has 0 fully saturated rings. The molecule has 1 rings (SSSR count). The van der Waals surface area contributed by atoms with E-state index in [-0.39, 0.29) is 5.91 Å². The van der Waals surface area contributed by atoms with E-state index in [0.29, 0.717) is 12.0 Å². The topological polar surface area (TPSA) is 52.9 Å². The fourth-order valence-corrected chi connectivity index (χ4v) is 1.30. The highest BCUT2D eigenvalue weighted by Gasteiger charge is 2.23. The lowest BCUT2D eigenvalue weighted by atomic mass is 10.0. The van der Waals surface area contributed by atoms with Crippen molar-refractivity contribution in [3.8, 4) is 6.07 Å². The monoisotopic (exact) mass is 216 g/mol. The van der Waals surface area contributed by atoms with Gasteiger partial charge in [0.1, 0.15) is 5.54 Å². The maximum absolute atomic E-state index is 11.9. The van der Waals surface area contributed by atoms with Gasteiger partial charge in [-0.25, -0.2) is 0 Å². The molecule has 0 saturated heterocycles. The van der Waals surface area contributed by atoms with Crippen LogP contribution in [0.4, 0.5) is 0 Å². The molecule has 1 atom stereocenters. The van der Waals surface area contributed by atoms with E-state index >= 15 is 0 Å². The number of carbonyl (C=O) groups excluding carboxylic acids is 1. The first-order chi connectivity index (χ1) is 7.50. The van der Waals surface area contributed by atoms with E-state index in [9.17, 15) is 4.79 Å². The zero-order chi connectivity index (χ0) is 12.2. The van der Waals surface area contributed by atoms with Crippen LogP contribution in [0, 0.1) is 18.3 Å². The molecule has 3 heteroatoms. The Morgan fingerprint density at radius 3 is 2.75 bits per heavy atom. The van der Waals surface area contributed by atoms with Gasteiger partial charge in [-0.05, 0) is 32.4 Å². The summed E-state index contributed by atoms with van der Waals surface area (Å²) in [5.74, 6) is -0.199. The van der Waals surface area contributed by atoms with Crippen LogP contribution in [-0.2, 0) is 0 Å². The van der Waals surface area contributed by atoms with Crippen LogP contribution in [0.15, 0.2) is 24.3 Å². The number of aryl methyl sites for hydroxylation is 1. The molecule has 0 aliphatic heterocycles. The van der Waals surface area contributed by atoms with Crippen LogP contribution in [0.5, 0.6) is 0 Å². The molecule has 1 aromatic rings. The molecule has 0 saturated carbocycles. The highest BCUT2D eigenvalue weighted by atomic mass is 16.1. The zero-order valence-electron chi connectivity index (χ0n) is 9.87. The van der Waals surface area contributed by atoms with Crippen molar-refractivity contribution in [1.29, 1.82) is 5.26 Å². The Hall–Kier alpha value is -1.82. The first-order valence-electron chi connectivity index (χ1n) is 5.31. The molecule has 1 amide bonds. The van der Waals surface area contributed by atoms with Gasteiger partial charge in [-0.1, -0.05) is 24.6 Å². The molecule has 16 heavy (non-hydrogen) atoms. The lowest BCUT2D eigenvalue weighted by Gasteiger charge is -2.21. The number of hydrogen-bond acceptors (Lipinski definition) is 2. The number of nitriles is 1. The standard InChI is InChI=1S/C13H16N2O/c1-4-13(3,9-14)15-12(16)11-7-5-6-10(2)8-11/h5-8H,4H2,1-3H3,(H,15,16)/t13-/m0/s1. The first kappa shape index (κ1) is 12.3. The molecule has 84 valence electrons. The molecule has 0 spiro atoms. The van der Waals surface area contributed by atoms with Crippen LogP contribution < -0.4 is 5.32 Å². The summed E-state index contributed by atoms with van der Waals surface area (Å²) in [6.45, 7) is 5.53. The van der Waals surface area contributed by atoms with Crippen molar-refractivity contribution in [2.24, 2.45) is 0 Å². The molecule has 0 unspecified atom stereocenters. The third-order valence-electron chi connectivity index (χ3n) is 2.62. The minimum Gasteiger partial charge on any atom is -0.334 e. The molecule has 3 nitrogen and oxygen atoms in total. The Morgan fingerprint density at radius 2 is 2.25 bits per heavy atom. The molecule has 1 N–H and O–H groups in total. The normalized spacial score (nSPS) is 13.6. The third-order valence-corrected chi connectivity index (χ3v) is 2.62. The lowest BCUT2D eigenvalue weighted by Crippen LogP contribution is -2.44. The van der Waals surface area contributed by atoms with E-state index in [0.717, 1.165) is 5.56 Å². The third kappa shape index (κ3) is 2.83. The second-order valence-electron chi connectivity index (χ2n) is 4.12. The number of carbonyl (C=O) groups is 1. The number of nitrogens with zero attached hydrogens (tertiary/aromatic N) is 1. The van der Waals surface area contributed by atoms with Gasteiger partial charge in [0.15, 0.2) is 0 Å². The average molecular weight is 216 g/mol. The fourth-order valence-electron chi connectivity index (χ4n) is 1.30. The van der Waals surface area contributed by atoms with Crippen LogP contribution in [0.1, 0.15) is 36.2 Å². The largest absolute Gasteiger partial charge is 0.334 e. The molecule has 0 aliphatic rings. The first-order valence-corrected chi connectivity index (χ1v) is 5.31. The summed E-state index contributed by atoms with van der Waals surface area (Å²) >= 11 is 0. The predicted molar refractivity (Wildman–Crippen MR) is 63.0 cm³/mol. The summed E-state index contributed by atoms with van der Waals surface area (Å²) in [6, 6.07) is 9.43. The molecule has 0 aromatic heterocycles. The Balaban J connectivity index is 2.85. The fraction of sp³-hybridized carbons (Fsp3) is 0.385. The highest BCUT2D eigenvalue weighted by molar-refractivity contribution is 5.95. The summed E-state index contributed by atoms with van der Waals surface area (Å²) in [7, 11) is 0. The van der Waals surface area contributed by atoms with Crippen LogP contribution in [0.3, 0.4) is 0 Å². The second-order valence-corrected chi connectivity index (χ2v) is 4.12. The van der Waals surface area contributed by atoms with Gasteiger partial charge in [0.2, 0.25) is 0 Å². The maximum Gasteiger partial charge on any atom is 0.252 e. The number of hydrogen-bond donors (Lipinski definition) is 1. The molecular formula is C13H16N2O. The van der Waals surface area contributed by atoms with Gasteiger partial charge < -0.3 is 5.32 Å². The van der Waals surface area contributed by atoms with Crippen LogP contribution in [0.2, 0.25) is 0 Å². The van der Waals surface area contributed by atoms with Crippen LogP contribution in [0.25, 0.3) is 0 Å². The highest BCUT2D eigenvalue weighted by Crippen LogP contribution is 2.10. The Bertz CT molecular complexity index is 434. The van der Waals surface area contributed by atoms with E-state index in [1.165, 1.54) is 0 Å². The summed E-state index contributed by atoms with van der Waals surface area (Å²) in [5, 5.41) is 11.7. The summed E-state index contributed by atoms with van der Waals surface area (Å²) in [6.07, 6.45) is 0.584. The van der Waals surface area contributed by atoms with Crippen molar-refractivity contribution in [1.82, 2.24) is 5.32 Å². The van der Waals surface area contributed by atoms with Crippen LogP contribution >= 0.6 is 0 Å². The quantitative estimate of drug-likeness (QED) is 0.843. The van der Waals surface area contributed by atoms with E-state index in [1.54, 1.807) is 13.0 Å². The molecular weight excluding hydrogens is 200 g/mol. The van der Waals surface area contributed by atoms with Crippen molar-refractivity contribution in [2.75, 3.05) is 0 Å². The van der Waals surface area contributed by atoms with Gasteiger partial charge in [0, 0.05) is 5.56 Å². The Labute approximate surface area is 96.1 Å². The molecule has 0 bridgehead atoms. The summed E-state index contributed by atoms with van der Waals surface area (Å²) in [4.78, 5) is 11.9. The second kappa shape index (κ2) is 4.80. The van der Waals surface area contributed by atoms with E-state index < -0.39 is 5.54 Å². The zero-order valence-corrected chi connectivity index (χ0v) is 9.87. The number of amides is 1. The van der Waals surface area contributed by atoms with Crippen molar-refractivity contribution in [3.05, 3.63) is 35.4 Å². The molecule has 1 aromatic carbocycles. The maximum atomic E-state index is 11.9. The number of nitrogens with one attached hydrogen (secondary N) is 1. The lowest BCUT2D eigenvalue weighted by molar-refractivity contribution is 0.0923. The predicted octanol–water partition coefficient (Wildman–Crippen LogP) is 2.42. The summed E-state index contributed by atoms with van der Waals surface area (Å²) in [5.41, 5.74) is 0.832. The minimum absolute atomic E-state index is 0.199. The average Bonchev–Trinajstić information content (AvgIpc) is 2.29. The van der Waals surface area contributed by atoms with Crippen molar-refractivity contribution in [2.45, 2.75) is 32.7 Å². The smallest absolute Gasteiger partial charge is 0.252 e. The minimum atomic E-state index is -0.791. The number of benzene rings is 1. The SMILES string of the molecule is CC[C@@](C)(C#N)NC(=O)c1cccc(C)c1. The van der Waals surface area contributed by atoms with Crippen LogP contribution in [-0.4, -0.2) is 11.4 Å². The van der Waals surface area contributed by atoms with Gasteiger partial charge in [0.05, 0.1) is 6.07 Å². The molecule has 0 aliphatic carbocycles. The summed E-state index contributed by atoms with van der Waals surface area (Å²) < 4.78 is 0. The van der Waals surface area contributed by atoms with Gasteiger partial charge >= 0.3 is 0 Å². The van der Waals surface area contributed by atoms with Crippen molar-refractivity contribution >= 4 is 5.91 Å². The van der Waals surface area contributed by atoms with Gasteiger partial charge in [-0.2, -0.15) is 5.26 Å². The van der Waals surface area contributed by atoms with E-state index in [2.05, 4.69) is 11.4 Å². The van der Waals surface area contributed by atoms with Gasteiger partial charge in [-0.3, -0.25) is 4.79 Å².